The van der Waals surface area contributed by atoms with Crippen LogP contribution in [0.5, 0.6) is 0 Å². The third-order valence-corrected chi connectivity index (χ3v) is 2.36. The summed E-state index contributed by atoms with van der Waals surface area (Å²) in [7, 11) is 0. The lowest BCUT2D eigenvalue weighted by atomic mass is 10.2. The third kappa shape index (κ3) is 1.33. The maximum absolute atomic E-state index is 10.9. The van der Waals surface area contributed by atoms with Gasteiger partial charge in [0.2, 0.25) is 0 Å². The molecule has 1 aromatic heterocycles. The standard InChI is InChI=1S/C8H12N4O2/c9-7-6(8(10)13)11-4-12(7)5-1-2-14-3-5/h4-5H,1-3,9H2,(H2,10,13). The Morgan fingerprint density at radius 2 is 2.50 bits per heavy atom. The zero-order chi connectivity index (χ0) is 10.1. The van der Waals surface area contributed by atoms with Gasteiger partial charge in [-0.05, 0) is 6.42 Å². The normalized spacial score (nSPS) is 21.3. The first-order chi connectivity index (χ1) is 6.70. The van der Waals surface area contributed by atoms with Gasteiger partial charge < -0.3 is 20.8 Å². The number of primary amides is 1. The Hall–Kier alpha value is -1.56. The lowest BCUT2D eigenvalue weighted by Crippen LogP contribution is -2.16. The van der Waals surface area contributed by atoms with Crippen LogP contribution in [0.2, 0.25) is 0 Å². The number of hydrogen-bond donors (Lipinski definition) is 2. The Balaban J connectivity index is 2.30. The molecule has 0 bridgehead atoms. The highest BCUT2D eigenvalue weighted by atomic mass is 16.5. The number of aromatic nitrogens is 2. The molecule has 6 heteroatoms. The van der Waals surface area contributed by atoms with Gasteiger partial charge in [-0.3, -0.25) is 4.79 Å². The van der Waals surface area contributed by atoms with Gasteiger partial charge in [0, 0.05) is 6.61 Å². The Bertz CT molecular complexity index is 354. The van der Waals surface area contributed by atoms with Gasteiger partial charge in [-0.25, -0.2) is 4.98 Å². The number of hydrogen-bond acceptors (Lipinski definition) is 4. The summed E-state index contributed by atoms with van der Waals surface area (Å²) in [5, 5.41) is 0. The van der Waals surface area contributed by atoms with Gasteiger partial charge in [-0.1, -0.05) is 0 Å². The molecule has 0 spiro atoms. The maximum atomic E-state index is 10.9. The number of carbonyl (C=O) groups is 1. The Kier molecular flexibility index (Phi) is 2.12. The lowest BCUT2D eigenvalue weighted by molar-refractivity contribution is 0.0997. The molecule has 4 N–H and O–H groups in total. The van der Waals surface area contributed by atoms with E-state index >= 15 is 0 Å². The highest BCUT2D eigenvalue weighted by molar-refractivity contribution is 5.95. The number of imidazole rings is 1. The van der Waals surface area contributed by atoms with Crippen molar-refractivity contribution in [1.29, 1.82) is 0 Å². The number of anilines is 1. The van der Waals surface area contributed by atoms with E-state index in [4.69, 9.17) is 16.2 Å². The average molecular weight is 196 g/mol. The van der Waals surface area contributed by atoms with Crippen molar-refractivity contribution in [1.82, 2.24) is 9.55 Å². The van der Waals surface area contributed by atoms with Crippen LogP contribution in [0.15, 0.2) is 6.33 Å². The molecule has 0 saturated carbocycles. The van der Waals surface area contributed by atoms with E-state index in [1.807, 2.05) is 0 Å². The fraction of sp³-hybridized carbons (Fsp3) is 0.500. The van der Waals surface area contributed by atoms with E-state index in [2.05, 4.69) is 4.98 Å². The molecule has 0 radical (unpaired) electrons. The second kappa shape index (κ2) is 3.30. The van der Waals surface area contributed by atoms with Gasteiger partial charge in [0.05, 0.1) is 19.0 Å². The molecule has 14 heavy (non-hydrogen) atoms. The second-order valence-electron chi connectivity index (χ2n) is 3.27. The molecule has 1 atom stereocenters. The summed E-state index contributed by atoms with van der Waals surface area (Å²) in [5.74, 6) is -0.270. The van der Waals surface area contributed by atoms with Gasteiger partial charge >= 0.3 is 0 Å². The van der Waals surface area contributed by atoms with Crippen LogP contribution in [0.1, 0.15) is 23.0 Å². The first kappa shape index (κ1) is 9.01. The molecule has 1 unspecified atom stereocenters. The average Bonchev–Trinajstić information content (AvgIpc) is 2.71. The van der Waals surface area contributed by atoms with Crippen molar-refractivity contribution in [2.75, 3.05) is 18.9 Å². The second-order valence-corrected chi connectivity index (χ2v) is 3.27. The fourth-order valence-electron chi connectivity index (χ4n) is 1.59. The molecule has 1 aliphatic rings. The van der Waals surface area contributed by atoms with Gasteiger partial charge in [-0.15, -0.1) is 0 Å². The van der Waals surface area contributed by atoms with Crippen LogP contribution in [0, 0.1) is 0 Å². The van der Waals surface area contributed by atoms with Gasteiger partial charge in [0.15, 0.2) is 5.69 Å². The molecule has 76 valence electrons. The Morgan fingerprint density at radius 3 is 3.00 bits per heavy atom. The van der Waals surface area contributed by atoms with Crippen molar-refractivity contribution in [3.8, 4) is 0 Å². The quantitative estimate of drug-likeness (QED) is 0.668. The van der Waals surface area contributed by atoms with Crippen LogP contribution in [0.4, 0.5) is 5.82 Å². The molecular formula is C8H12N4O2. The maximum Gasteiger partial charge on any atom is 0.271 e. The summed E-state index contributed by atoms with van der Waals surface area (Å²) in [6.07, 6.45) is 2.42. The van der Waals surface area contributed by atoms with Crippen LogP contribution in [0.3, 0.4) is 0 Å². The van der Waals surface area contributed by atoms with Gasteiger partial charge in [0.25, 0.3) is 5.91 Å². The SMILES string of the molecule is NC(=O)c1ncn(C2CCOC2)c1N. The van der Waals surface area contributed by atoms with E-state index < -0.39 is 5.91 Å². The van der Waals surface area contributed by atoms with Crippen LogP contribution in [0.25, 0.3) is 0 Å². The highest BCUT2D eigenvalue weighted by Crippen LogP contribution is 2.23. The molecule has 0 aromatic carbocycles. The zero-order valence-electron chi connectivity index (χ0n) is 7.64. The molecule has 0 aliphatic carbocycles. The largest absolute Gasteiger partial charge is 0.383 e. The van der Waals surface area contributed by atoms with Crippen molar-refractivity contribution >= 4 is 11.7 Å². The lowest BCUT2D eigenvalue weighted by Gasteiger charge is -2.10. The summed E-state index contributed by atoms with van der Waals surface area (Å²) in [4.78, 5) is 14.8. The van der Waals surface area contributed by atoms with Crippen molar-refractivity contribution < 1.29 is 9.53 Å². The van der Waals surface area contributed by atoms with E-state index in [1.54, 1.807) is 4.57 Å². The number of carbonyl (C=O) groups excluding carboxylic acids is 1. The summed E-state index contributed by atoms with van der Waals surface area (Å²) in [6.45, 7) is 1.33. The van der Waals surface area contributed by atoms with Crippen LogP contribution in [-0.4, -0.2) is 28.7 Å². The zero-order valence-corrected chi connectivity index (χ0v) is 7.64. The van der Waals surface area contributed by atoms with Crippen molar-refractivity contribution in [3.05, 3.63) is 12.0 Å². The number of nitrogens with zero attached hydrogens (tertiary/aromatic N) is 2. The Morgan fingerprint density at radius 1 is 1.71 bits per heavy atom. The molecule has 1 aromatic rings. The van der Waals surface area contributed by atoms with E-state index in [9.17, 15) is 4.79 Å². The Labute approximate surface area is 80.8 Å². The van der Waals surface area contributed by atoms with Crippen LogP contribution < -0.4 is 11.5 Å². The van der Waals surface area contributed by atoms with Crippen molar-refractivity contribution in [2.24, 2.45) is 5.73 Å². The predicted molar refractivity (Wildman–Crippen MR) is 49.6 cm³/mol. The van der Waals surface area contributed by atoms with Gasteiger partial charge in [0.1, 0.15) is 5.82 Å². The number of rotatable bonds is 2. The number of amides is 1. The van der Waals surface area contributed by atoms with E-state index in [0.717, 1.165) is 6.42 Å². The monoisotopic (exact) mass is 196 g/mol. The molecule has 1 saturated heterocycles. The summed E-state index contributed by atoms with van der Waals surface area (Å²) in [5.41, 5.74) is 11.0. The first-order valence-electron chi connectivity index (χ1n) is 4.40. The van der Waals surface area contributed by atoms with Crippen molar-refractivity contribution in [3.63, 3.8) is 0 Å². The fourth-order valence-corrected chi connectivity index (χ4v) is 1.59. The summed E-state index contributed by atoms with van der Waals surface area (Å²) < 4.78 is 6.96. The van der Waals surface area contributed by atoms with Gasteiger partial charge in [-0.2, -0.15) is 0 Å². The topological polar surface area (TPSA) is 96.2 Å². The molecule has 1 fully saturated rings. The molecule has 2 rings (SSSR count). The summed E-state index contributed by atoms with van der Waals surface area (Å²) in [6, 6.07) is 0.176. The molecular weight excluding hydrogens is 184 g/mol. The van der Waals surface area contributed by atoms with E-state index in [0.29, 0.717) is 19.0 Å². The van der Waals surface area contributed by atoms with Crippen LogP contribution >= 0.6 is 0 Å². The third-order valence-electron chi connectivity index (χ3n) is 2.36. The number of nitrogens with two attached hydrogens (primary N) is 2. The predicted octanol–water partition coefficient (Wildman–Crippen LogP) is -0.474. The minimum atomic E-state index is -0.597. The molecule has 1 amide bonds. The molecule has 1 aliphatic heterocycles. The minimum absolute atomic E-state index is 0.136. The smallest absolute Gasteiger partial charge is 0.271 e. The van der Waals surface area contributed by atoms with Crippen molar-refractivity contribution in [2.45, 2.75) is 12.5 Å². The number of nitrogen functional groups attached to an aromatic ring is 1. The number of ether oxygens (including phenoxy) is 1. The van der Waals surface area contributed by atoms with E-state index in [1.165, 1.54) is 6.33 Å². The first-order valence-corrected chi connectivity index (χ1v) is 4.40. The van der Waals surface area contributed by atoms with E-state index in [-0.39, 0.29) is 11.7 Å². The molecule has 6 nitrogen and oxygen atoms in total. The highest BCUT2D eigenvalue weighted by Gasteiger charge is 2.22. The molecule has 2 heterocycles. The minimum Gasteiger partial charge on any atom is -0.383 e. The summed E-state index contributed by atoms with van der Waals surface area (Å²) >= 11 is 0. The van der Waals surface area contributed by atoms with Crippen LogP contribution in [-0.2, 0) is 4.74 Å².